The van der Waals surface area contributed by atoms with E-state index in [0.717, 1.165) is 75.5 Å². The monoisotopic (exact) mass is 530 g/mol. The van der Waals surface area contributed by atoms with E-state index in [-0.39, 0.29) is 30.0 Å². The lowest BCUT2D eigenvalue weighted by Gasteiger charge is -2.33. The highest BCUT2D eigenvalue weighted by Gasteiger charge is 2.25. The van der Waals surface area contributed by atoms with Gasteiger partial charge < -0.3 is 19.8 Å². The zero-order chi connectivity index (χ0) is 20.6. The van der Waals surface area contributed by atoms with Crippen LogP contribution >= 0.6 is 24.0 Å². The van der Waals surface area contributed by atoms with Crippen molar-refractivity contribution in [1.29, 1.82) is 0 Å². The number of aliphatic imine (C=N–C) groups is 1. The maximum Gasteiger partial charge on any atom is 0.191 e. The number of nitrogens with zero attached hydrogens (tertiary/aromatic N) is 4. The largest absolute Gasteiger partial charge is 0.465 e. The molecule has 1 aliphatic rings. The van der Waals surface area contributed by atoms with Crippen molar-refractivity contribution in [3.63, 3.8) is 0 Å². The van der Waals surface area contributed by atoms with Crippen LogP contribution in [0.1, 0.15) is 35.4 Å². The molecule has 0 aliphatic carbocycles. The second-order valence-electron chi connectivity index (χ2n) is 7.50. The molecule has 0 bridgehead atoms. The first-order valence-electron chi connectivity index (χ1n) is 10.4. The fraction of sp³-hybridized carbons (Fsp3) is 0.619. The molecule has 2 aromatic rings. The second-order valence-corrected chi connectivity index (χ2v) is 7.50. The first-order valence-corrected chi connectivity index (χ1v) is 10.4. The molecule has 2 N–H and O–H groups in total. The van der Waals surface area contributed by atoms with E-state index in [1.165, 1.54) is 5.69 Å². The van der Waals surface area contributed by atoms with Gasteiger partial charge in [0.25, 0.3) is 0 Å². The molecule has 0 spiro atoms. The third-order valence-electron chi connectivity index (χ3n) is 5.20. The smallest absolute Gasteiger partial charge is 0.191 e. The molecule has 8 nitrogen and oxygen atoms in total. The molecular formula is C21H35IN6O2. The van der Waals surface area contributed by atoms with E-state index >= 15 is 0 Å². The van der Waals surface area contributed by atoms with Gasteiger partial charge in [-0.15, -0.1) is 24.0 Å². The zero-order valence-corrected chi connectivity index (χ0v) is 20.8. The highest BCUT2D eigenvalue weighted by atomic mass is 127. The molecule has 1 saturated heterocycles. The number of hydrogen-bond donors (Lipinski definition) is 2. The quantitative estimate of drug-likeness (QED) is 0.237. The van der Waals surface area contributed by atoms with Crippen LogP contribution in [0, 0.1) is 20.8 Å². The highest BCUT2D eigenvalue weighted by molar-refractivity contribution is 14.0. The average molecular weight is 530 g/mol. The number of rotatable bonds is 8. The van der Waals surface area contributed by atoms with Crippen molar-refractivity contribution >= 4 is 29.9 Å². The highest BCUT2D eigenvalue weighted by Crippen LogP contribution is 2.23. The summed E-state index contributed by atoms with van der Waals surface area (Å²) in [6.45, 7) is 11.9. The number of halogens is 1. The standard InChI is InChI=1S/C21H34N6O2.HI/c1-16-14-17(2)27(25-16)9-5-8-23-21(22-4)24-15-19(20-7-6-18(3)29-20)26-10-12-28-13-11-26;/h6-7,14,19H,5,8-13,15H2,1-4H3,(H2,22,23,24);1H. The minimum absolute atomic E-state index is 0. The van der Waals surface area contributed by atoms with Crippen molar-refractivity contribution in [3.8, 4) is 0 Å². The number of hydrogen-bond acceptors (Lipinski definition) is 5. The Morgan fingerprint density at radius 2 is 1.97 bits per heavy atom. The van der Waals surface area contributed by atoms with E-state index in [9.17, 15) is 0 Å². The van der Waals surface area contributed by atoms with Crippen molar-refractivity contribution in [1.82, 2.24) is 25.3 Å². The molecule has 1 fully saturated rings. The number of furan rings is 1. The van der Waals surface area contributed by atoms with Crippen molar-refractivity contribution in [3.05, 3.63) is 41.1 Å². The van der Waals surface area contributed by atoms with E-state index in [4.69, 9.17) is 9.15 Å². The lowest BCUT2D eigenvalue weighted by Crippen LogP contribution is -2.46. The van der Waals surface area contributed by atoms with Gasteiger partial charge in [0.2, 0.25) is 0 Å². The van der Waals surface area contributed by atoms with Crippen LogP contribution in [0.5, 0.6) is 0 Å². The summed E-state index contributed by atoms with van der Waals surface area (Å²) in [6, 6.07) is 6.35. The molecule has 3 heterocycles. The van der Waals surface area contributed by atoms with E-state index < -0.39 is 0 Å². The van der Waals surface area contributed by atoms with Gasteiger partial charge in [0.05, 0.1) is 24.9 Å². The summed E-state index contributed by atoms with van der Waals surface area (Å²) < 4.78 is 13.5. The molecule has 1 unspecified atom stereocenters. The number of aryl methyl sites for hydroxylation is 4. The van der Waals surface area contributed by atoms with E-state index in [1.54, 1.807) is 7.05 Å². The van der Waals surface area contributed by atoms with Crippen LogP contribution in [-0.2, 0) is 11.3 Å². The molecule has 0 saturated carbocycles. The Bertz CT molecular complexity index is 797. The van der Waals surface area contributed by atoms with Gasteiger partial charge in [0.1, 0.15) is 11.5 Å². The third-order valence-corrected chi connectivity index (χ3v) is 5.20. The lowest BCUT2D eigenvalue weighted by atomic mass is 10.1. The van der Waals surface area contributed by atoms with Crippen LogP contribution in [0.4, 0.5) is 0 Å². The van der Waals surface area contributed by atoms with Gasteiger partial charge in [0.15, 0.2) is 5.96 Å². The Morgan fingerprint density at radius 3 is 2.57 bits per heavy atom. The molecule has 0 amide bonds. The van der Waals surface area contributed by atoms with Crippen LogP contribution in [0.15, 0.2) is 27.6 Å². The Morgan fingerprint density at radius 1 is 1.20 bits per heavy atom. The van der Waals surface area contributed by atoms with Gasteiger partial charge in [-0.3, -0.25) is 14.6 Å². The Labute approximate surface area is 196 Å². The SMILES string of the molecule is CN=C(NCCCn1nc(C)cc1C)NCC(c1ccc(C)o1)N1CCOCC1.I. The van der Waals surface area contributed by atoms with Crippen LogP contribution in [0.2, 0.25) is 0 Å². The molecule has 0 aromatic carbocycles. The number of ether oxygens (including phenoxy) is 1. The van der Waals surface area contributed by atoms with Gasteiger partial charge in [-0.05, 0) is 45.4 Å². The van der Waals surface area contributed by atoms with E-state index in [0.29, 0.717) is 0 Å². The summed E-state index contributed by atoms with van der Waals surface area (Å²) in [5.74, 6) is 2.72. The van der Waals surface area contributed by atoms with Crippen molar-refractivity contribution in [2.45, 2.75) is 39.8 Å². The van der Waals surface area contributed by atoms with Crippen LogP contribution in [0.3, 0.4) is 0 Å². The number of guanidine groups is 1. The molecule has 3 rings (SSSR count). The fourth-order valence-corrected chi connectivity index (χ4v) is 3.68. The van der Waals surface area contributed by atoms with Crippen LogP contribution in [0.25, 0.3) is 0 Å². The molecular weight excluding hydrogens is 495 g/mol. The van der Waals surface area contributed by atoms with Crippen LogP contribution < -0.4 is 10.6 Å². The van der Waals surface area contributed by atoms with Crippen LogP contribution in [-0.4, -0.2) is 67.1 Å². The second kappa shape index (κ2) is 12.3. The van der Waals surface area contributed by atoms with Gasteiger partial charge in [0, 0.05) is 45.5 Å². The summed E-state index contributed by atoms with van der Waals surface area (Å²) in [5.41, 5.74) is 2.27. The molecule has 1 aliphatic heterocycles. The maximum absolute atomic E-state index is 5.93. The van der Waals surface area contributed by atoms with E-state index in [2.05, 4.69) is 49.4 Å². The molecule has 0 radical (unpaired) electrons. The Balaban J connectivity index is 0.00000320. The third kappa shape index (κ3) is 6.98. The summed E-state index contributed by atoms with van der Waals surface area (Å²) in [6.07, 6.45) is 0.979. The van der Waals surface area contributed by atoms with Crippen molar-refractivity contribution in [2.24, 2.45) is 4.99 Å². The summed E-state index contributed by atoms with van der Waals surface area (Å²) in [4.78, 5) is 6.78. The summed E-state index contributed by atoms with van der Waals surface area (Å²) >= 11 is 0. The molecule has 30 heavy (non-hydrogen) atoms. The summed E-state index contributed by atoms with van der Waals surface area (Å²) in [7, 11) is 1.80. The zero-order valence-electron chi connectivity index (χ0n) is 18.5. The van der Waals surface area contributed by atoms with Gasteiger partial charge in [-0.25, -0.2) is 0 Å². The van der Waals surface area contributed by atoms with Gasteiger partial charge in [-0.2, -0.15) is 5.10 Å². The maximum atomic E-state index is 5.93. The fourth-order valence-electron chi connectivity index (χ4n) is 3.68. The van der Waals surface area contributed by atoms with Gasteiger partial charge in [-0.1, -0.05) is 0 Å². The average Bonchev–Trinajstić information content (AvgIpc) is 3.29. The first-order chi connectivity index (χ1) is 14.1. The Kier molecular flexibility index (Phi) is 10.1. The minimum Gasteiger partial charge on any atom is -0.465 e. The first kappa shape index (κ1) is 24.7. The van der Waals surface area contributed by atoms with Crippen molar-refractivity contribution in [2.75, 3.05) is 46.4 Å². The molecule has 168 valence electrons. The number of aromatic nitrogens is 2. The normalized spacial score (nSPS) is 16.2. The molecule has 2 aromatic heterocycles. The minimum atomic E-state index is 0. The number of morpholine rings is 1. The molecule has 9 heteroatoms. The van der Waals surface area contributed by atoms with E-state index in [1.807, 2.05) is 19.9 Å². The summed E-state index contributed by atoms with van der Waals surface area (Å²) in [5, 5.41) is 11.4. The van der Waals surface area contributed by atoms with Gasteiger partial charge >= 0.3 is 0 Å². The predicted molar refractivity (Wildman–Crippen MR) is 130 cm³/mol. The van der Waals surface area contributed by atoms with Crippen molar-refractivity contribution < 1.29 is 9.15 Å². The molecule has 1 atom stereocenters. The number of nitrogens with one attached hydrogen (secondary N) is 2. The predicted octanol–water partition coefficient (Wildman–Crippen LogP) is 2.65. The Hall–Kier alpha value is -1.59. The lowest BCUT2D eigenvalue weighted by molar-refractivity contribution is 0.0124. The topological polar surface area (TPSA) is 79.8 Å².